The van der Waals surface area contributed by atoms with E-state index in [0.29, 0.717) is 11.7 Å². The molecule has 4 nitrogen and oxygen atoms in total. The Kier molecular flexibility index (Phi) is 4.40. The molecule has 1 unspecified atom stereocenters. The molecule has 0 N–H and O–H groups in total. The van der Waals surface area contributed by atoms with E-state index in [2.05, 4.69) is 4.98 Å². The second-order valence-corrected chi connectivity index (χ2v) is 6.86. The molecule has 1 saturated heterocycles. The molecule has 2 heterocycles. The first-order valence-electron chi connectivity index (χ1n) is 7.53. The van der Waals surface area contributed by atoms with Crippen molar-refractivity contribution in [2.75, 3.05) is 18.1 Å². The van der Waals surface area contributed by atoms with E-state index in [9.17, 15) is 9.18 Å². The summed E-state index contributed by atoms with van der Waals surface area (Å²) in [5.74, 6) is -0.385. The van der Waals surface area contributed by atoms with Crippen LogP contribution in [0.2, 0.25) is 0 Å². The van der Waals surface area contributed by atoms with Crippen molar-refractivity contribution in [2.45, 2.75) is 32.8 Å². The van der Waals surface area contributed by atoms with Crippen LogP contribution in [0.25, 0.3) is 10.2 Å². The summed E-state index contributed by atoms with van der Waals surface area (Å²) in [4.78, 5) is 18.7. The summed E-state index contributed by atoms with van der Waals surface area (Å²) < 4.78 is 19.7. The third kappa shape index (κ3) is 3.13. The summed E-state index contributed by atoms with van der Waals surface area (Å²) in [6.07, 6.45) is 2.05. The highest BCUT2D eigenvalue weighted by Crippen LogP contribution is 2.31. The highest BCUT2D eigenvalue weighted by molar-refractivity contribution is 7.22. The Hall–Kier alpha value is -1.53. The number of aromatic nitrogens is 1. The van der Waals surface area contributed by atoms with Crippen LogP contribution in [0.15, 0.2) is 18.2 Å². The topological polar surface area (TPSA) is 42.4 Å². The standard InChI is InChI=1S/C16H19FN2O2S/c1-10(2)15(20)19(9-12-4-3-7-21-12)16-18-13-6-5-11(17)8-14(13)22-16/h5-6,8,10,12H,3-4,7,9H2,1-2H3. The fourth-order valence-electron chi connectivity index (χ4n) is 2.57. The molecule has 1 atom stereocenters. The van der Waals surface area contributed by atoms with Crippen LogP contribution in [0.3, 0.4) is 0 Å². The van der Waals surface area contributed by atoms with Crippen molar-refractivity contribution in [2.24, 2.45) is 5.92 Å². The van der Waals surface area contributed by atoms with Crippen LogP contribution in [0.4, 0.5) is 9.52 Å². The number of thiazole rings is 1. The molecular formula is C16H19FN2O2S. The number of benzene rings is 1. The lowest BCUT2D eigenvalue weighted by molar-refractivity contribution is -0.121. The van der Waals surface area contributed by atoms with Crippen molar-refractivity contribution < 1.29 is 13.9 Å². The van der Waals surface area contributed by atoms with Gasteiger partial charge in [0.2, 0.25) is 5.91 Å². The molecule has 0 saturated carbocycles. The maximum atomic E-state index is 13.3. The van der Waals surface area contributed by atoms with Crippen LogP contribution in [0.5, 0.6) is 0 Å². The molecule has 3 rings (SSSR count). The first-order valence-corrected chi connectivity index (χ1v) is 8.35. The first kappa shape index (κ1) is 15.4. The molecule has 1 aromatic heterocycles. The Balaban J connectivity index is 1.93. The number of hydrogen-bond acceptors (Lipinski definition) is 4. The van der Waals surface area contributed by atoms with Gasteiger partial charge in [-0.25, -0.2) is 9.37 Å². The van der Waals surface area contributed by atoms with E-state index in [0.717, 1.165) is 29.7 Å². The Morgan fingerprint density at radius 3 is 3.05 bits per heavy atom. The minimum atomic E-state index is -0.288. The predicted molar refractivity (Wildman–Crippen MR) is 85.7 cm³/mol. The van der Waals surface area contributed by atoms with Crippen molar-refractivity contribution in [1.29, 1.82) is 0 Å². The van der Waals surface area contributed by atoms with Crippen LogP contribution >= 0.6 is 11.3 Å². The number of rotatable bonds is 4. The molecule has 0 radical (unpaired) electrons. The highest BCUT2D eigenvalue weighted by Gasteiger charge is 2.27. The molecule has 22 heavy (non-hydrogen) atoms. The average Bonchev–Trinajstić information content (AvgIpc) is 3.12. The van der Waals surface area contributed by atoms with Crippen LogP contribution < -0.4 is 4.90 Å². The van der Waals surface area contributed by atoms with Crippen molar-refractivity contribution >= 4 is 32.6 Å². The first-order chi connectivity index (χ1) is 10.5. The second-order valence-electron chi connectivity index (χ2n) is 5.85. The van der Waals surface area contributed by atoms with Crippen LogP contribution in [0.1, 0.15) is 26.7 Å². The van der Waals surface area contributed by atoms with Crippen LogP contribution in [-0.2, 0) is 9.53 Å². The van der Waals surface area contributed by atoms with Gasteiger partial charge in [0.1, 0.15) is 5.82 Å². The zero-order chi connectivity index (χ0) is 15.7. The fraction of sp³-hybridized carbons (Fsp3) is 0.500. The molecule has 6 heteroatoms. The van der Waals surface area contributed by atoms with E-state index < -0.39 is 0 Å². The number of carbonyl (C=O) groups is 1. The van der Waals surface area contributed by atoms with Crippen LogP contribution in [0, 0.1) is 11.7 Å². The summed E-state index contributed by atoms with van der Waals surface area (Å²) in [6.45, 7) is 5.01. The van der Waals surface area contributed by atoms with Gasteiger partial charge in [0.25, 0.3) is 0 Å². The van der Waals surface area contributed by atoms with E-state index in [1.54, 1.807) is 11.0 Å². The number of anilines is 1. The Morgan fingerprint density at radius 1 is 1.55 bits per heavy atom. The molecule has 1 aliphatic rings. The third-order valence-electron chi connectivity index (χ3n) is 3.74. The SMILES string of the molecule is CC(C)C(=O)N(CC1CCCO1)c1nc2ccc(F)cc2s1. The van der Waals surface area contributed by atoms with E-state index in [-0.39, 0.29) is 23.7 Å². The van der Waals surface area contributed by atoms with Crippen LogP contribution in [-0.4, -0.2) is 30.1 Å². The minimum Gasteiger partial charge on any atom is -0.376 e. The summed E-state index contributed by atoms with van der Waals surface area (Å²) in [5.41, 5.74) is 0.718. The average molecular weight is 322 g/mol. The van der Waals surface area contributed by atoms with Crippen molar-refractivity contribution in [3.63, 3.8) is 0 Å². The molecule has 0 aliphatic carbocycles. The molecule has 0 spiro atoms. The van der Waals surface area contributed by atoms with Gasteiger partial charge in [0.15, 0.2) is 5.13 Å². The van der Waals surface area contributed by atoms with E-state index >= 15 is 0 Å². The smallest absolute Gasteiger partial charge is 0.231 e. The largest absolute Gasteiger partial charge is 0.376 e. The molecule has 1 amide bonds. The van der Waals surface area contributed by atoms with Gasteiger partial charge in [0, 0.05) is 12.5 Å². The van der Waals surface area contributed by atoms with Gasteiger partial charge in [0.05, 0.1) is 22.9 Å². The maximum absolute atomic E-state index is 13.3. The second kappa shape index (κ2) is 6.30. The number of amides is 1. The minimum absolute atomic E-state index is 0.0232. The zero-order valence-electron chi connectivity index (χ0n) is 12.7. The van der Waals surface area contributed by atoms with E-state index in [1.165, 1.54) is 23.5 Å². The van der Waals surface area contributed by atoms with Gasteiger partial charge in [-0.15, -0.1) is 0 Å². The lowest BCUT2D eigenvalue weighted by Gasteiger charge is -2.24. The number of ether oxygens (including phenoxy) is 1. The lowest BCUT2D eigenvalue weighted by atomic mass is 10.1. The van der Waals surface area contributed by atoms with Gasteiger partial charge >= 0.3 is 0 Å². The molecule has 1 aliphatic heterocycles. The number of fused-ring (bicyclic) bond motifs is 1. The predicted octanol–water partition coefficient (Wildman–Crippen LogP) is 3.60. The Bertz CT molecular complexity index is 680. The lowest BCUT2D eigenvalue weighted by Crippen LogP contribution is -2.39. The highest BCUT2D eigenvalue weighted by atomic mass is 32.1. The normalized spacial score (nSPS) is 18.3. The van der Waals surface area contributed by atoms with Gasteiger partial charge in [-0.05, 0) is 31.0 Å². The molecular weight excluding hydrogens is 303 g/mol. The number of nitrogens with zero attached hydrogens (tertiary/aromatic N) is 2. The van der Waals surface area contributed by atoms with Gasteiger partial charge in [-0.2, -0.15) is 0 Å². The summed E-state index contributed by atoms with van der Waals surface area (Å²) in [7, 11) is 0. The van der Waals surface area contributed by atoms with Gasteiger partial charge in [-0.1, -0.05) is 25.2 Å². The van der Waals surface area contributed by atoms with Crippen molar-refractivity contribution in [1.82, 2.24) is 4.98 Å². The summed E-state index contributed by atoms with van der Waals surface area (Å²) in [5, 5.41) is 0.620. The molecule has 1 aromatic carbocycles. The Labute approximate surface area is 132 Å². The zero-order valence-corrected chi connectivity index (χ0v) is 13.5. The summed E-state index contributed by atoms with van der Waals surface area (Å²) >= 11 is 1.35. The number of halogens is 1. The number of hydrogen-bond donors (Lipinski definition) is 0. The van der Waals surface area contributed by atoms with Crippen molar-refractivity contribution in [3.8, 4) is 0 Å². The van der Waals surface area contributed by atoms with Gasteiger partial charge < -0.3 is 4.74 Å². The molecule has 118 valence electrons. The molecule has 0 bridgehead atoms. The van der Waals surface area contributed by atoms with E-state index in [1.807, 2.05) is 13.8 Å². The van der Waals surface area contributed by atoms with Crippen molar-refractivity contribution in [3.05, 3.63) is 24.0 Å². The maximum Gasteiger partial charge on any atom is 0.231 e. The summed E-state index contributed by atoms with van der Waals surface area (Å²) in [6, 6.07) is 4.50. The monoisotopic (exact) mass is 322 g/mol. The molecule has 2 aromatic rings. The van der Waals surface area contributed by atoms with Gasteiger partial charge in [-0.3, -0.25) is 9.69 Å². The van der Waals surface area contributed by atoms with E-state index in [4.69, 9.17) is 4.74 Å². The quantitative estimate of drug-likeness (QED) is 0.863. The fourth-order valence-corrected chi connectivity index (χ4v) is 3.57. The number of carbonyl (C=O) groups excluding carboxylic acids is 1. The molecule has 1 fully saturated rings. The third-order valence-corrected chi connectivity index (χ3v) is 4.78. The Morgan fingerprint density at radius 2 is 2.36 bits per heavy atom.